The van der Waals surface area contributed by atoms with Gasteiger partial charge in [-0.25, -0.2) is 4.98 Å². The second-order valence-corrected chi connectivity index (χ2v) is 6.92. The molecule has 0 aromatic carbocycles. The SMILES string of the molecule is O=C1CCCN1CCn1cnc2sc3c(c2c1=O)CCNC3. The van der Waals surface area contributed by atoms with Gasteiger partial charge >= 0.3 is 0 Å². The number of fused-ring (bicyclic) bond motifs is 3. The van der Waals surface area contributed by atoms with E-state index in [1.54, 1.807) is 22.2 Å². The van der Waals surface area contributed by atoms with Crippen LogP contribution in [0.3, 0.4) is 0 Å². The fraction of sp³-hybridized carbons (Fsp3) is 0.533. The van der Waals surface area contributed by atoms with Crippen LogP contribution in [-0.4, -0.2) is 40.0 Å². The van der Waals surface area contributed by atoms with Crippen LogP contribution >= 0.6 is 11.3 Å². The third kappa shape index (κ3) is 2.24. The van der Waals surface area contributed by atoms with Crippen LogP contribution in [0.15, 0.2) is 11.1 Å². The Morgan fingerprint density at radius 2 is 2.18 bits per heavy atom. The van der Waals surface area contributed by atoms with E-state index in [4.69, 9.17) is 0 Å². The third-order valence-corrected chi connectivity index (χ3v) is 5.62. The number of rotatable bonds is 3. The van der Waals surface area contributed by atoms with Gasteiger partial charge in [0.1, 0.15) is 4.83 Å². The van der Waals surface area contributed by atoms with E-state index in [0.29, 0.717) is 19.5 Å². The summed E-state index contributed by atoms with van der Waals surface area (Å²) in [5, 5.41) is 4.12. The van der Waals surface area contributed by atoms with E-state index >= 15 is 0 Å². The maximum absolute atomic E-state index is 12.8. The predicted molar refractivity (Wildman–Crippen MR) is 85.1 cm³/mol. The van der Waals surface area contributed by atoms with Gasteiger partial charge in [0, 0.05) is 37.5 Å². The molecule has 0 atom stereocenters. The van der Waals surface area contributed by atoms with Gasteiger partial charge in [-0.05, 0) is 24.9 Å². The van der Waals surface area contributed by atoms with E-state index in [-0.39, 0.29) is 11.5 Å². The van der Waals surface area contributed by atoms with Crippen molar-refractivity contribution in [2.75, 3.05) is 19.6 Å². The first kappa shape index (κ1) is 13.9. The van der Waals surface area contributed by atoms with Crippen molar-refractivity contribution in [1.82, 2.24) is 19.8 Å². The van der Waals surface area contributed by atoms with Crippen LogP contribution in [0.25, 0.3) is 10.2 Å². The highest BCUT2D eigenvalue weighted by Crippen LogP contribution is 2.29. The molecule has 116 valence electrons. The molecule has 0 spiro atoms. The molecule has 4 heterocycles. The molecule has 1 N–H and O–H groups in total. The normalized spacial score (nSPS) is 18.2. The van der Waals surface area contributed by atoms with E-state index in [1.165, 1.54) is 10.4 Å². The molecule has 2 aromatic heterocycles. The first-order chi connectivity index (χ1) is 10.7. The summed E-state index contributed by atoms with van der Waals surface area (Å²) in [6.07, 6.45) is 4.08. The quantitative estimate of drug-likeness (QED) is 0.906. The molecule has 7 heteroatoms. The van der Waals surface area contributed by atoms with Crippen LogP contribution in [0.5, 0.6) is 0 Å². The lowest BCUT2D eigenvalue weighted by Crippen LogP contribution is -2.32. The number of hydrogen-bond acceptors (Lipinski definition) is 5. The Morgan fingerprint density at radius 1 is 1.27 bits per heavy atom. The number of amides is 1. The summed E-state index contributed by atoms with van der Waals surface area (Å²) in [7, 11) is 0. The van der Waals surface area contributed by atoms with Gasteiger partial charge in [0.25, 0.3) is 5.56 Å². The van der Waals surface area contributed by atoms with Gasteiger partial charge in [-0.15, -0.1) is 11.3 Å². The van der Waals surface area contributed by atoms with Crippen molar-refractivity contribution in [3.8, 4) is 0 Å². The van der Waals surface area contributed by atoms with Crippen molar-refractivity contribution in [1.29, 1.82) is 0 Å². The Kier molecular flexibility index (Phi) is 3.46. The maximum Gasteiger partial charge on any atom is 0.262 e. The van der Waals surface area contributed by atoms with Gasteiger partial charge in [-0.2, -0.15) is 0 Å². The zero-order valence-corrected chi connectivity index (χ0v) is 13.1. The molecule has 2 aliphatic rings. The number of likely N-dealkylation sites (tertiary alicyclic amines) is 1. The summed E-state index contributed by atoms with van der Waals surface area (Å²) >= 11 is 1.61. The lowest BCUT2D eigenvalue weighted by molar-refractivity contribution is -0.127. The van der Waals surface area contributed by atoms with Gasteiger partial charge in [0.2, 0.25) is 5.91 Å². The molecule has 0 bridgehead atoms. The number of thiophene rings is 1. The summed E-state index contributed by atoms with van der Waals surface area (Å²) in [6, 6.07) is 0. The van der Waals surface area contributed by atoms with Crippen molar-refractivity contribution >= 4 is 27.5 Å². The second kappa shape index (κ2) is 5.48. The fourth-order valence-corrected chi connectivity index (χ4v) is 4.43. The molecule has 6 nitrogen and oxygen atoms in total. The zero-order chi connectivity index (χ0) is 15.1. The van der Waals surface area contributed by atoms with Gasteiger partial charge in [-0.3, -0.25) is 14.2 Å². The Hall–Kier alpha value is -1.73. The van der Waals surface area contributed by atoms with Gasteiger partial charge in [-0.1, -0.05) is 0 Å². The molecule has 2 aliphatic heterocycles. The molecule has 4 rings (SSSR count). The Bertz CT molecular complexity index is 795. The minimum atomic E-state index is 0.0380. The van der Waals surface area contributed by atoms with Crippen molar-refractivity contribution < 1.29 is 4.79 Å². The van der Waals surface area contributed by atoms with Crippen LogP contribution < -0.4 is 10.9 Å². The summed E-state index contributed by atoms with van der Waals surface area (Å²) in [4.78, 5) is 32.8. The topological polar surface area (TPSA) is 67.2 Å². The predicted octanol–water partition coefficient (Wildman–Crippen LogP) is 0.726. The molecule has 0 aliphatic carbocycles. The van der Waals surface area contributed by atoms with Crippen LogP contribution in [0.1, 0.15) is 23.3 Å². The standard InChI is InChI=1S/C15H18N4O2S/c20-12-2-1-5-18(12)6-7-19-9-17-14-13(15(19)21)10-3-4-16-8-11(10)22-14/h9,16H,1-8H2. The molecule has 1 saturated heterocycles. The number of hydrogen-bond donors (Lipinski definition) is 1. The molecule has 1 amide bonds. The molecule has 2 aromatic rings. The number of carbonyl (C=O) groups is 1. The molecular formula is C15H18N4O2S. The highest BCUT2D eigenvalue weighted by Gasteiger charge is 2.22. The first-order valence-electron chi connectivity index (χ1n) is 7.72. The van der Waals surface area contributed by atoms with Gasteiger partial charge in [0.15, 0.2) is 0 Å². The van der Waals surface area contributed by atoms with Gasteiger partial charge in [0.05, 0.1) is 11.7 Å². The Balaban J connectivity index is 1.65. The van der Waals surface area contributed by atoms with Crippen molar-refractivity contribution in [2.45, 2.75) is 32.4 Å². The zero-order valence-electron chi connectivity index (χ0n) is 12.3. The average molecular weight is 318 g/mol. The number of carbonyl (C=O) groups excluding carboxylic acids is 1. The minimum Gasteiger partial charge on any atom is -0.341 e. The van der Waals surface area contributed by atoms with Crippen LogP contribution in [0, 0.1) is 0 Å². The molecule has 22 heavy (non-hydrogen) atoms. The van der Waals surface area contributed by atoms with E-state index in [2.05, 4.69) is 10.3 Å². The fourth-order valence-electron chi connectivity index (χ4n) is 3.28. The van der Waals surface area contributed by atoms with Gasteiger partial charge < -0.3 is 10.2 Å². The van der Waals surface area contributed by atoms with Crippen LogP contribution in [0.4, 0.5) is 0 Å². The monoisotopic (exact) mass is 318 g/mol. The molecular weight excluding hydrogens is 300 g/mol. The Morgan fingerprint density at radius 3 is 3.00 bits per heavy atom. The summed E-state index contributed by atoms with van der Waals surface area (Å²) in [5.74, 6) is 0.195. The molecule has 0 radical (unpaired) electrons. The molecule has 0 unspecified atom stereocenters. The van der Waals surface area contributed by atoms with Crippen molar-refractivity contribution in [2.24, 2.45) is 0 Å². The van der Waals surface area contributed by atoms with Crippen molar-refractivity contribution in [3.05, 3.63) is 27.1 Å². The lowest BCUT2D eigenvalue weighted by atomic mass is 10.1. The van der Waals surface area contributed by atoms with Crippen LogP contribution in [-0.2, 0) is 24.3 Å². The second-order valence-electron chi connectivity index (χ2n) is 5.84. The largest absolute Gasteiger partial charge is 0.341 e. The summed E-state index contributed by atoms with van der Waals surface area (Å²) < 4.78 is 1.66. The number of aromatic nitrogens is 2. The van der Waals surface area contributed by atoms with Crippen LogP contribution in [0.2, 0.25) is 0 Å². The highest BCUT2D eigenvalue weighted by molar-refractivity contribution is 7.18. The number of nitrogens with one attached hydrogen (secondary N) is 1. The molecule has 1 fully saturated rings. The third-order valence-electron chi connectivity index (χ3n) is 4.48. The van der Waals surface area contributed by atoms with Crippen molar-refractivity contribution in [3.63, 3.8) is 0 Å². The first-order valence-corrected chi connectivity index (χ1v) is 8.54. The highest BCUT2D eigenvalue weighted by atomic mass is 32.1. The van der Waals surface area contributed by atoms with E-state index < -0.39 is 0 Å². The summed E-state index contributed by atoms with van der Waals surface area (Å²) in [6.45, 7) is 3.67. The number of nitrogens with zero attached hydrogens (tertiary/aromatic N) is 3. The average Bonchev–Trinajstić information content (AvgIpc) is 3.10. The summed E-state index contributed by atoms with van der Waals surface area (Å²) in [5.41, 5.74) is 1.21. The lowest BCUT2D eigenvalue weighted by Gasteiger charge is -2.16. The van der Waals surface area contributed by atoms with E-state index in [0.717, 1.165) is 42.7 Å². The molecule has 0 saturated carbocycles. The van der Waals surface area contributed by atoms with E-state index in [1.807, 2.05) is 4.90 Å². The maximum atomic E-state index is 12.8. The minimum absolute atomic E-state index is 0.0380. The van der Waals surface area contributed by atoms with E-state index in [9.17, 15) is 9.59 Å². The smallest absolute Gasteiger partial charge is 0.262 e. The Labute approximate surface area is 131 Å².